The van der Waals surface area contributed by atoms with Crippen molar-refractivity contribution in [1.29, 1.82) is 0 Å². The monoisotopic (exact) mass is 235 g/mol. The Bertz CT molecular complexity index is 363. The average Bonchev–Trinajstić information content (AvgIpc) is 2.72. The molecule has 0 fully saturated rings. The van der Waals surface area contributed by atoms with Gasteiger partial charge < -0.3 is 5.32 Å². The number of hydrogen-bond acceptors (Lipinski definition) is 4. The van der Waals surface area contributed by atoms with E-state index in [1.54, 1.807) is 0 Å². The first-order valence-corrected chi connectivity index (χ1v) is 5.86. The van der Waals surface area contributed by atoms with Gasteiger partial charge >= 0.3 is 0 Å². The van der Waals surface area contributed by atoms with Gasteiger partial charge in [-0.15, -0.1) is 11.5 Å². The van der Waals surface area contributed by atoms with E-state index in [9.17, 15) is 0 Å². The van der Waals surface area contributed by atoms with Crippen molar-refractivity contribution in [2.24, 2.45) is 0 Å². The number of hydrogen-bond donors (Lipinski definition) is 1. The van der Waals surface area contributed by atoms with E-state index in [0.29, 0.717) is 12.6 Å². The van der Waals surface area contributed by atoms with E-state index in [4.69, 9.17) is 6.42 Å². The predicted molar refractivity (Wildman–Crippen MR) is 68.3 cm³/mol. The zero-order valence-electron chi connectivity index (χ0n) is 10.8. The maximum absolute atomic E-state index is 5.24. The van der Waals surface area contributed by atoms with Crippen LogP contribution in [0.15, 0.2) is 6.20 Å². The van der Waals surface area contributed by atoms with Gasteiger partial charge in [0, 0.05) is 25.3 Å². The van der Waals surface area contributed by atoms with Gasteiger partial charge in [-0.1, -0.05) is 25.0 Å². The van der Waals surface area contributed by atoms with Crippen LogP contribution >= 0.6 is 0 Å². The van der Waals surface area contributed by atoms with Gasteiger partial charge in [-0.3, -0.25) is 9.58 Å². The molecular formula is C12H21N5. The molecule has 1 aromatic rings. The van der Waals surface area contributed by atoms with E-state index in [1.165, 1.54) is 0 Å². The first-order valence-electron chi connectivity index (χ1n) is 5.86. The first kappa shape index (κ1) is 13.7. The molecule has 5 nitrogen and oxygen atoms in total. The lowest BCUT2D eigenvalue weighted by atomic mass is 10.3. The highest BCUT2D eigenvalue weighted by Gasteiger charge is 2.02. The fourth-order valence-corrected chi connectivity index (χ4v) is 1.35. The van der Waals surface area contributed by atoms with Crippen molar-refractivity contribution in [3.63, 3.8) is 0 Å². The molecule has 0 atom stereocenters. The molecule has 1 aromatic heterocycles. The molecule has 1 N–H and O–H groups in total. The summed E-state index contributed by atoms with van der Waals surface area (Å²) >= 11 is 0. The SMILES string of the molecule is C#CCN(C)CCn1cc(CNC(C)C)nn1. The van der Waals surface area contributed by atoms with Crippen molar-refractivity contribution in [2.75, 3.05) is 20.1 Å². The second kappa shape index (κ2) is 7.05. The molecule has 0 aliphatic carbocycles. The van der Waals surface area contributed by atoms with Gasteiger partial charge in [-0.2, -0.15) is 0 Å². The summed E-state index contributed by atoms with van der Waals surface area (Å²) in [6.07, 6.45) is 7.21. The molecule has 17 heavy (non-hydrogen) atoms. The molecule has 0 spiro atoms. The van der Waals surface area contributed by atoms with E-state index in [1.807, 2.05) is 17.9 Å². The van der Waals surface area contributed by atoms with Crippen LogP contribution in [0.4, 0.5) is 0 Å². The van der Waals surface area contributed by atoms with Crippen molar-refractivity contribution < 1.29 is 0 Å². The molecule has 1 heterocycles. The fraction of sp³-hybridized carbons (Fsp3) is 0.667. The van der Waals surface area contributed by atoms with E-state index in [0.717, 1.165) is 25.3 Å². The Labute approximate surface area is 103 Å². The summed E-state index contributed by atoms with van der Waals surface area (Å²) in [5.74, 6) is 2.61. The molecule has 0 aliphatic rings. The van der Waals surface area contributed by atoms with Crippen molar-refractivity contribution in [2.45, 2.75) is 33.0 Å². The summed E-state index contributed by atoms with van der Waals surface area (Å²) in [5.41, 5.74) is 0.971. The molecule has 0 bridgehead atoms. The third-order valence-electron chi connectivity index (χ3n) is 2.35. The lowest BCUT2D eigenvalue weighted by Crippen LogP contribution is -2.23. The maximum Gasteiger partial charge on any atom is 0.0964 e. The van der Waals surface area contributed by atoms with Crippen LogP contribution < -0.4 is 5.32 Å². The van der Waals surface area contributed by atoms with Crippen LogP contribution in [0.2, 0.25) is 0 Å². The predicted octanol–water partition coefficient (Wildman–Crippen LogP) is 0.341. The number of nitrogens with one attached hydrogen (secondary N) is 1. The highest BCUT2D eigenvalue weighted by Crippen LogP contribution is 1.94. The largest absolute Gasteiger partial charge is 0.309 e. The summed E-state index contributed by atoms with van der Waals surface area (Å²) in [6.45, 7) is 7.34. The fourth-order valence-electron chi connectivity index (χ4n) is 1.35. The van der Waals surface area contributed by atoms with Crippen LogP contribution in [0.1, 0.15) is 19.5 Å². The Morgan fingerprint density at radius 1 is 1.59 bits per heavy atom. The minimum absolute atomic E-state index is 0.460. The Hall–Kier alpha value is -1.38. The number of aromatic nitrogens is 3. The van der Waals surface area contributed by atoms with E-state index < -0.39 is 0 Å². The molecule has 0 unspecified atom stereocenters. The smallest absolute Gasteiger partial charge is 0.0964 e. The summed E-state index contributed by atoms with van der Waals surface area (Å²) in [7, 11) is 2.00. The number of terminal acetylenes is 1. The number of rotatable bonds is 7. The molecule has 0 aliphatic heterocycles. The molecule has 0 saturated carbocycles. The summed E-state index contributed by atoms with van der Waals surface area (Å²) in [6, 6.07) is 0.460. The van der Waals surface area contributed by atoms with Gasteiger partial charge in [0.05, 0.1) is 18.8 Å². The van der Waals surface area contributed by atoms with Crippen molar-refractivity contribution in [3.8, 4) is 12.3 Å². The Balaban J connectivity index is 2.33. The Morgan fingerprint density at radius 2 is 2.35 bits per heavy atom. The summed E-state index contributed by atoms with van der Waals surface area (Å²) in [4.78, 5) is 2.08. The summed E-state index contributed by atoms with van der Waals surface area (Å²) in [5, 5.41) is 11.5. The van der Waals surface area contributed by atoms with Gasteiger partial charge in [0.2, 0.25) is 0 Å². The normalized spacial score (nSPS) is 11.1. The van der Waals surface area contributed by atoms with E-state index in [2.05, 4.69) is 40.3 Å². The highest BCUT2D eigenvalue weighted by atomic mass is 15.4. The Kier molecular flexibility index (Phi) is 5.67. The van der Waals surface area contributed by atoms with Crippen molar-refractivity contribution in [3.05, 3.63) is 11.9 Å². The van der Waals surface area contributed by atoms with Gasteiger partial charge in [-0.05, 0) is 7.05 Å². The lowest BCUT2D eigenvalue weighted by Gasteiger charge is -2.12. The summed E-state index contributed by atoms with van der Waals surface area (Å²) < 4.78 is 1.85. The van der Waals surface area contributed by atoms with Crippen LogP contribution in [-0.2, 0) is 13.1 Å². The first-order chi connectivity index (χ1) is 8.11. The molecule has 0 saturated heterocycles. The second-order valence-electron chi connectivity index (χ2n) is 4.45. The van der Waals surface area contributed by atoms with Crippen molar-refractivity contribution >= 4 is 0 Å². The van der Waals surface area contributed by atoms with Gasteiger partial charge in [-0.25, -0.2) is 0 Å². The number of likely N-dealkylation sites (N-methyl/N-ethyl adjacent to an activating group) is 1. The average molecular weight is 235 g/mol. The number of nitrogens with zero attached hydrogens (tertiary/aromatic N) is 4. The maximum atomic E-state index is 5.24. The molecule has 0 amide bonds. The molecular weight excluding hydrogens is 214 g/mol. The standard InChI is InChI=1S/C12H21N5/c1-5-6-16(4)7-8-17-10-12(14-15-17)9-13-11(2)3/h1,10-11,13H,6-9H2,2-4H3. The molecule has 94 valence electrons. The van der Waals surface area contributed by atoms with Gasteiger partial charge in [0.1, 0.15) is 0 Å². The third-order valence-corrected chi connectivity index (χ3v) is 2.35. The molecule has 5 heteroatoms. The Morgan fingerprint density at radius 3 is 3.00 bits per heavy atom. The van der Waals surface area contributed by atoms with E-state index in [-0.39, 0.29) is 0 Å². The van der Waals surface area contributed by atoms with Crippen LogP contribution in [0.25, 0.3) is 0 Å². The quantitative estimate of drug-likeness (QED) is 0.692. The van der Waals surface area contributed by atoms with Crippen LogP contribution in [0.3, 0.4) is 0 Å². The van der Waals surface area contributed by atoms with Gasteiger partial charge in [0.25, 0.3) is 0 Å². The zero-order valence-corrected chi connectivity index (χ0v) is 10.8. The third kappa shape index (κ3) is 5.48. The van der Waals surface area contributed by atoms with Crippen LogP contribution in [0, 0.1) is 12.3 Å². The van der Waals surface area contributed by atoms with Crippen LogP contribution in [0.5, 0.6) is 0 Å². The lowest BCUT2D eigenvalue weighted by molar-refractivity contribution is 0.345. The zero-order chi connectivity index (χ0) is 12.7. The molecule has 0 aromatic carbocycles. The minimum atomic E-state index is 0.460. The topological polar surface area (TPSA) is 46.0 Å². The molecule has 0 radical (unpaired) electrons. The van der Waals surface area contributed by atoms with Gasteiger partial charge in [0.15, 0.2) is 0 Å². The second-order valence-corrected chi connectivity index (χ2v) is 4.45. The highest BCUT2D eigenvalue weighted by molar-refractivity contribution is 4.92. The minimum Gasteiger partial charge on any atom is -0.309 e. The van der Waals surface area contributed by atoms with Crippen molar-refractivity contribution in [1.82, 2.24) is 25.2 Å². The van der Waals surface area contributed by atoms with Crippen LogP contribution in [-0.4, -0.2) is 46.1 Å². The van der Waals surface area contributed by atoms with E-state index >= 15 is 0 Å². The molecule has 1 rings (SSSR count).